The third kappa shape index (κ3) is 2.29. The van der Waals surface area contributed by atoms with Gasteiger partial charge in [-0.2, -0.15) is 0 Å². The van der Waals surface area contributed by atoms with Gasteiger partial charge in [0.05, 0.1) is 5.57 Å². The fourth-order valence-electron chi connectivity index (χ4n) is 0.549. The van der Waals surface area contributed by atoms with Crippen molar-refractivity contribution in [1.29, 1.82) is 0 Å². The standard InChI is InChI=1S/C6H8O5/c1-2-3(5(8)9)4(7)6(10)11/h7H,2H2,1H3,(H,8,9)(H,10,11)/b4-3-. The third-order valence-electron chi connectivity index (χ3n) is 1.10. The number of rotatable bonds is 3. The van der Waals surface area contributed by atoms with E-state index in [1.807, 2.05) is 0 Å². The molecule has 0 amide bonds. The highest BCUT2D eigenvalue weighted by Gasteiger charge is 2.16. The van der Waals surface area contributed by atoms with Crippen molar-refractivity contribution in [3.8, 4) is 0 Å². The van der Waals surface area contributed by atoms with Gasteiger partial charge in [-0.1, -0.05) is 6.92 Å². The van der Waals surface area contributed by atoms with Crippen molar-refractivity contribution in [3.63, 3.8) is 0 Å². The summed E-state index contributed by atoms with van der Waals surface area (Å²) in [7, 11) is 0. The molecule has 0 spiro atoms. The summed E-state index contributed by atoms with van der Waals surface area (Å²) in [6, 6.07) is 0. The van der Waals surface area contributed by atoms with Gasteiger partial charge in [0.25, 0.3) is 0 Å². The molecule has 0 aromatic rings. The van der Waals surface area contributed by atoms with Gasteiger partial charge in [-0.3, -0.25) is 0 Å². The zero-order valence-corrected chi connectivity index (χ0v) is 5.87. The molecule has 3 N–H and O–H groups in total. The number of aliphatic hydroxyl groups is 1. The molecular weight excluding hydrogens is 152 g/mol. The van der Waals surface area contributed by atoms with Crippen LogP contribution in [0.5, 0.6) is 0 Å². The van der Waals surface area contributed by atoms with E-state index in [1.165, 1.54) is 6.92 Å². The summed E-state index contributed by atoms with van der Waals surface area (Å²) in [5.74, 6) is -4.13. The summed E-state index contributed by atoms with van der Waals surface area (Å²) in [5.41, 5.74) is -0.488. The molecule has 62 valence electrons. The minimum Gasteiger partial charge on any atom is -0.501 e. The van der Waals surface area contributed by atoms with Gasteiger partial charge in [-0.05, 0) is 6.42 Å². The zero-order chi connectivity index (χ0) is 9.02. The van der Waals surface area contributed by atoms with Crippen LogP contribution in [0.1, 0.15) is 13.3 Å². The molecule has 0 bridgehead atoms. The summed E-state index contributed by atoms with van der Waals surface area (Å²) in [6.45, 7) is 1.45. The Kier molecular flexibility index (Phi) is 3.10. The normalized spacial score (nSPS) is 12.1. The average Bonchev–Trinajstić information content (AvgIpc) is 1.88. The number of aliphatic carboxylic acids is 2. The lowest BCUT2D eigenvalue weighted by molar-refractivity contribution is -0.138. The first-order valence-electron chi connectivity index (χ1n) is 2.89. The molecule has 0 saturated carbocycles. The number of aliphatic hydroxyl groups excluding tert-OH is 1. The highest BCUT2D eigenvalue weighted by molar-refractivity contribution is 5.96. The fraction of sp³-hybridized carbons (Fsp3) is 0.333. The zero-order valence-electron chi connectivity index (χ0n) is 5.87. The predicted molar refractivity (Wildman–Crippen MR) is 35.2 cm³/mol. The number of hydrogen-bond acceptors (Lipinski definition) is 3. The smallest absolute Gasteiger partial charge is 0.371 e. The molecule has 5 nitrogen and oxygen atoms in total. The van der Waals surface area contributed by atoms with Crippen LogP contribution < -0.4 is 0 Å². The summed E-state index contributed by atoms with van der Waals surface area (Å²) < 4.78 is 0. The molecule has 5 heteroatoms. The SMILES string of the molecule is CC/C(C(=O)O)=C(/O)C(=O)O. The van der Waals surface area contributed by atoms with Crippen molar-refractivity contribution < 1.29 is 24.9 Å². The topological polar surface area (TPSA) is 94.8 Å². The lowest BCUT2D eigenvalue weighted by atomic mass is 10.2. The maximum absolute atomic E-state index is 10.2. The van der Waals surface area contributed by atoms with Crippen molar-refractivity contribution in [2.75, 3.05) is 0 Å². The number of carboxylic acid groups (broad SMARTS) is 2. The van der Waals surface area contributed by atoms with Crippen molar-refractivity contribution >= 4 is 11.9 Å². The second-order valence-corrected chi connectivity index (χ2v) is 1.79. The number of carbonyl (C=O) groups is 2. The monoisotopic (exact) mass is 160 g/mol. The van der Waals surface area contributed by atoms with Crippen molar-refractivity contribution in [2.24, 2.45) is 0 Å². The van der Waals surface area contributed by atoms with Gasteiger partial charge in [0, 0.05) is 0 Å². The van der Waals surface area contributed by atoms with Crippen LogP contribution in [-0.4, -0.2) is 27.3 Å². The van der Waals surface area contributed by atoms with Gasteiger partial charge in [0.1, 0.15) is 0 Å². The molecule has 0 unspecified atom stereocenters. The maximum Gasteiger partial charge on any atom is 0.371 e. The Morgan fingerprint density at radius 2 is 1.55 bits per heavy atom. The van der Waals surface area contributed by atoms with Gasteiger partial charge in [-0.15, -0.1) is 0 Å². The highest BCUT2D eigenvalue weighted by Crippen LogP contribution is 2.06. The van der Waals surface area contributed by atoms with Gasteiger partial charge in [-0.25, -0.2) is 9.59 Å². The molecule has 0 fully saturated rings. The second-order valence-electron chi connectivity index (χ2n) is 1.79. The molecule has 0 aliphatic rings. The van der Waals surface area contributed by atoms with Crippen LogP contribution in [0.3, 0.4) is 0 Å². The maximum atomic E-state index is 10.2. The molecular formula is C6H8O5. The van der Waals surface area contributed by atoms with Crippen LogP contribution >= 0.6 is 0 Å². The van der Waals surface area contributed by atoms with Crippen LogP contribution in [-0.2, 0) is 9.59 Å². The van der Waals surface area contributed by atoms with Crippen LogP contribution in [0.15, 0.2) is 11.3 Å². The van der Waals surface area contributed by atoms with Crippen molar-refractivity contribution in [2.45, 2.75) is 13.3 Å². The minimum absolute atomic E-state index is 0.0204. The van der Waals surface area contributed by atoms with Crippen LogP contribution in [0.2, 0.25) is 0 Å². The van der Waals surface area contributed by atoms with E-state index in [4.69, 9.17) is 15.3 Å². The van der Waals surface area contributed by atoms with E-state index in [0.717, 1.165) is 0 Å². The summed E-state index contributed by atoms with van der Waals surface area (Å²) in [6.07, 6.45) is -0.0204. The predicted octanol–water partition coefficient (Wildman–Crippen LogP) is 0.378. The molecule has 0 aromatic carbocycles. The summed E-state index contributed by atoms with van der Waals surface area (Å²) >= 11 is 0. The largest absolute Gasteiger partial charge is 0.501 e. The molecule has 0 aliphatic carbocycles. The molecule has 0 heterocycles. The summed E-state index contributed by atoms with van der Waals surface area (Å²) in [5, 5.41) is 25.1. The van der Waals surface area contributed by atoms with E-state index in [9.17, 15) is 9.59 Å². The highest BCUT2D eigenvalue weighted by atomic mass is 16.4. The van der Waals surface area contributed by atoms with E-state index >= 15 is 0 Å². The molecule has 11 heavy (non-hydrogen) atoms. The molecule has 0 atom stereocenters. The Labute approximate surface area is 62.6 Å². The Morgan fingerprint density at radius 1 is 1.09 bits per heavy atom. The van der Waals surface area contributed by atoms with E-state index in [-0.39, 0.29) is 6.42 Å². The van der Waals surface area contributed by atoms with Gasteiger partial charge in [0.15, 0.2) is 0 Å². The Bertz CT molecular complexity index is 215. The molecule has 0 radical (unpaired) electrons. The average molecular weight is 160 g/mol. The fourth-order valence-corrected chi connectivity index (χ4v) is 0.549. The van der Waals surface area contributed by atoms with E-state index < -0.39 is 23.3 Å². The summed E-state index contributed by atoms with van der Waals surface area (Å²) in [4.78, 5) is 20.2. The second kappa shape index (κ2) is 3.60. The Hall–Kier alpha value is -1.52. The van der Waals surface area contributed by atoms with E-state index in [1.54, 1.807) is 0 Å². The number of carboxylic acids is 2. The van der Waals surface area contributed by atoms with Crippen LogP contribution in [0.4, 0.5) is 0 Å². The third-order valence-corrected chi connectivity index (χ3v) is 1.10. The van der Waals surface area contributed by atoms with Crippen LogP contribution in [0, 0.1) is 0 Å². The molecule has 0 aromatic heterocycles. The lowest BCUT2D eigenvalue weighted by Gasteiger charge is -1.98. The Morgan fingerprint density at radius 3 is 1.64 bits per heavy atom. The molecule has 0 saturated heterocycles. The first-order chi connectivity index (χ1) is 5.00. The molecule has 0 rings (SSSR count). The first-order valence-corrected chi connectivity index (χ1v) is 2.89. The minimum atomic E-state index is -1.62. The molecule has 0 aliphatic heterocycles. The van der Waals surface area contributed by atoms with Crippen molar-refractivity contribution in [1.82, 2.24) is 0 Å². The number of hydrogen-bond donors (Lipinski definition) is 3. The lowest BCUT2D eigenvalue weighted by Crippen LogP contribution is -2.10. The van der Waals surface area contributed by atoms with Gasteiger partial charge >= 0.3 is 11.9 Å². The van der Waals surface area contributed by atoms with Crippen molar-refractivity contribution in [3.05, 3.63) is 11.3 Å². The van der Waals surface area contributed by atoms with Gasteiger partial charge < -0.3 is 15.3 Å². The van der Waals surface area contributed by atoms with E-state index in [2.05, 4.69) is 0 Å². The first kappa shape index (κ1) is 9.48. The van der Waals surface area contributed by atoms with Crippen LogP contribution in [0.25, 0.3) is 0 Å². The Balaban J connectivity index is 4.83. The quantitative estimate of drug-likeness (QED) is 0.409. The van der Waals surface area contributed by atoms with Gasteiger partial charge in [0.2, 0.25) is 5.76 Å². The van der Waals surface area contributed by atoms with E-state index in [0.29, 0.717) is 0 Å².